The minimum atomic E-state index is 0.656. The Labute approximate surface area is 172 Å². The van der Waals surface area contributed by atoms with Gasteiger partial charge in [0.25, 0.3) is 0 Å². The summed E-state index contributed by atoms with van der Waals surface area (Å²) in [6, 6.07) is 28.6. The SMILES string of the molecule is N#Cc1ccc(-c2cc(-c3cccnc3)cc(-c3nc4ccccc4s3)c2)cc1. The third-order valence-corrected chi connectivity index (χ3v) is 5.90. The molecule has 136 valence electrons. The molecule has 0 aliphatic carbocycles. The molecule has 4 heteroatoms. The predicted octanol–water partition coefficient (Wildman–Crippen LogP) is 6.56. The van der Waals surface area contributed by atoms with Gasteiger partial charge < -0.3 is 0 Å². The van der Waals surface area contributed by atoms with Crippen LogP contribution < -0.4 is 0 Å². The minimum Gasteiger partial charge on any atom is -0.264 e. The highest BCUT2D eigenvalue weighted by Gasteiger charge is 2.11. The molecule has 29 heavy (non-hydrogen) atoms. The van der Waals surface area contributed by atoms with Crippen LogP contribution in [0.4, 0.5) is 0 Å². The first-order valence-electron chi connectivity index (χ1n) is 9.22. The maximum atomic E-state index is 9.09. The van der Waals surface area contributed by atoms with Crippen molar-refractivity contribution in [1.29, 1.82) is 5.26 Å². The van der Waals surface area contributed by atoms with E-state index in [4.69, 9.17) is 10.2 Å². The molecule has 0 bridgehead atoms. The van der Waals surface area contributed by atoms with Crippen molar-refractivity contribution in [2.75, 3.05) is 0 Å². The molecule has 0 N–H and O–H groups in total. The number of fused-ring (bicyclic) bond motifs is 1. The van der Waals surface area contributed by atoms with Gasteiger partial charge in [0.2, 0.25) is 0 Å². The fourth-order valence-electron chi connectivity index (χ4n) is 3.35. The molecule has 5 rings (SSSR count). The Morgan fingerprint density at radius 3 is 2.21 bits per heavy atom. The Hall–Kier alpha value is -3.81. The van der Waals surface area contributed by atoms with Crippen molar-refractivity contribution in [3.8, 4) is 38.9 Å². The van der Waals surface area contributed by atoms with Crippen LogP contribution in [0, 0.1) is 11.3 Å². The summed E-state index contributed by atoms with van der Waals surface area (Å²) < 4.78 is 1.18. The van der Waals surface area contributed by atoms with Crippen molar-refractivity contribution in [1.82, 2.24) is 9.97 Å². The number of nitrogens with zero attached hydrogens (tertiary/aromatic N) is 3. The number of aromatic nitrogens is 2. The van der Waals surface area contributed by atoms with E-state index in [0.29, 0.717) is 5.56 Å². The van der Waals surface area contributed by atoms with Crippen LogP contribution in [0.1, 0.15) is 5.56 Å². The molecule has 2 aromatic heterocycles. The number of para-hydroxylation sites is 1. The molecule has 2 heterocycles. The van der Waals surface area contributed by atoms with E-state index in [9.17, 15) is 0 Å². The van der Waals surface area contributed by atoms with Gasteiger partial charge in [-0.05, 0) is 65.2 Å². The van der Waals surface area contributed by atoms with Crippen molar-refractivity contribution in [3.05, 3.63) is 96.8 Å². The van der Waals surface area contributed by atoms with E-state index < -0.39 is 0 Å². The molecule has 5 aromatic rings. The van der Waals surface area contributed by atoms with Gasteiger partial charge in [-0.1, -0.05) is 30.3 Å². The fraction of sp³-hybridized carbons (Fsp3) is 0. The predicted molar refractivity (Wildman–Crippen MR) is 118 cm³/mol. The van der Waals surface area contributed by atoms with Crippen molar-refractivity contribution in [2.24, 2.45) is 0 Å². The maximum Gasteiger partial charge on any atom is 0.124 e. The van der Waals surface area contributed by atoms with Crippen LogP contribution >= 0.6 is 11.3 Å². The maximum absolute atomic E-state index is 9.09. The number of hydrogen-bond donors (Lipinski definition) is 0. The summed E-state index contributed by atoms with van der Waals surface area (Å²) in [5.74, 6) is 0. The molecular weight excluding hydrogens is 374 g/mol. The smallest absolute Gasteiger partial charge is 0.124 e. The molecule has 0 unspecified atom stereocenters. The fourth-order valence-corrected chi connectivity index (χ4v) is 4.30. The lowest BCUT2D eigenvalue weighted by Gasteiger charge is -2.09. The highest BCUT2D eigenvalue weighted by molar-refractivity contribution is 7.21. The lowest BCUT2D eigenvalue weighted by molar-refractivity contribution is 1.33. The van der Waals surface area contributed by atoms with Gasteiger partial charge in [0.15, 0.2) is 0 Å². The summed E-state index contributed by atoms with van der Waals surface area (Å²) >= 11 is 1.69. The molecule has 0 radical (unpaired) electrons. The summed E-state index contributed by atoms with van der Waals surface area (Å²) in [4.78, 5) is 9.11. The van der Waals surface area contributed by atoms with E-state index >= 15 is 0 Å². The molecule has 0 amide bonds. The molecule has 0 atom stereocenters. The van der Waals surface area contributed by atoms with Gasteiger partial charge in [0.1, 0.15) is 5.01 Å². The second-order valence-electron chi connectivity index (χ2n) is 6.72. The number of benzene rings is 3. The number of rotatable bonds is 3. The first kappa shape index (κ1) is 17.3. The van der Waals surface area contributed by atoms with Crippen molar-refractivity contribution >= 4 is 21.6 Å². The number of pyridine rings is 1. The zero-order valence-electron chi connectivity index (χ0n) is 15.4. The van der Waals surface area contributed by atoms with E-state index in [1.165, 1.54) is 4.70 Å². The molecule has 3 nitrogen and oxygen atoms in total. The average Bonchev–Trinajstić information content (AvgIpc) is 3.24. The first-order valence-corrected chi connectivity index (χ1v) is 10.0. The van der Waals surface area contributed by atoms with E-state index in [2.05, 4.69) is 41.4 Å². The van der Waals surface area contributed by atoms with Crippen molar-refractivity contribution in [2.45, 2.75) is 0 Å². The Bertz CT molecular complexity index is 1310. The van der Waals surface area contributed by atoms with Crippen LogP contribution in [-0.4, -0.2) is 9.97 Å². The van der Waals surface area contributed by atoms with Crippen LogP contribution in [0.5, 0.6) is 0 Å². The largest absolute Gasteiger partial charge is 0.264 e. The van der Waals surface area contributed by atoms with Crippen LogP contribution in [0.25, 0.3) is 43.0 Å². The molecule has 3 aromatic carbocycles. The summed E-state index contributed by atoms with van der Waals surface area (Å²) in [5, 5.41) is 10.1. The summed E-state index contributed by atoms with van der Waals surface area (Å²) in [5.41, 5.74) is 7.05. The van der Waals surface area contributed by atoms with Crippen molar-refractivity contribution < 1.29 is 0 Å². The summed E-state index contributed by atoms with van der Waals surface area (Å²) in [6.07, 6.45) is 3.66. The Balaban J connectivity index is 1.70. The Kier molecular flexibility index (Phi) is 4.36. The Morgan fingerprint density at radius 2 is 1.48 bits per heavy atom. The lowest BCUT2D eigenvalue weighted by atomic mass is 9.96. The van der Waals surface area contributed by atoms with Crippen LogP contribution in [0.2, 0.25) is 0 Å². The van der Waals surface area contributed by atoms with Gasteiger partial charge in [-0.15, -0.1) is 11.3 Å². The third kappa shape index (κ3) is 3.40. The monoisotopic (exact) mass is 389 g/mol. The lowest BCUT2D eigenvalue weighted by Crippen LogP contribution is -1.86. The van der Waals surface area contributed by atoms with Crippen LogP contribution in [-0.2, 0) is 0 Å². The summed E-state index contributed by atoms with van der Waals surface area (Å²) in [6.45, 7) is 0. The molecule has 0 spiro atoms. The first-order chi connectivity index (χ1) is 14.3. The van der Waals surface area contributed by atoms with Gasteiger partial charge in [0, 0.05) is 23.5 Å². The van der Waals surface area contributed by atoms with Crippen molar-refractivity contribution in [3.63, 3.8) is 0 Å². The summed E-state index contributed by atoms with van der Waals surface area (Å²) in [7, 11) is 0. The van der Waals surface area contributed by atoms with E-state index in [-0.39, 0.29) is 0 Å². The minimum absolute atomic E-state index is 0.656. The zero-order valence-corrected chi connectivity index (χ0v) is 16.2. The van der Waals surface area contributed by atoms with Gasteiger partial charge in [-0.2, -0.15) is 5.26 Å². The van der Waals surface area contributed by atoms with E-state index in [1.54, 1.807) is 17.5 Å². The Morgan fingerprint density at radius 1 is 0.724 bits per heavy atom. The molecular formula is C25H15N3S. The molecule has 0 saturated carbocycles. The van der Waals surface area contributed by atoms with Gasteiger partial charge in [0.05, 0.1) is 21.8 Å². The molecule has 0 aliphatic heterocycles. The number of nitriles is 1. The third-order valence-electron chi connectivity index (χ3n) is 4.82. The van der Waals surface area contributed by atoms with Crippen LogP contribution in [0.3, 0.4) is 0 Å². The highest BCUT2D eigenvalue weighted by atomic mass is 32.1. The molecule has 0 saturated heterocycles. The average molecular weight is 389 g/mol. The number of thiazole rings is 1. The van der Waals surface area contributed by atoms with Gasteiger partial charge in [-0.3, -0.25) is 4.98 Å². The topological polar surface area (TPSA) is 49.6 Å². The number of hydrogen-bond acceptors (Lipinski definition) is 4. The highest BCUT2D eigenvalue weighted by Crippen LogP contribution is 2.36. The van der Waals surface area contributed by atoms with Gasteiger partial charge >= 0.3 is 0 Å². The molecule has 0 fully saturated rings. The molecule has 0 aliphatic rings. The second kappa shape index (κ2) is 7.31. The zero-order chi connectivity index (χ0) is 19.6. The van der Waals surface area contributed by atoms with Gasteiger partial charge in [-0.25, -0.2) is 4.98 Å². The standard InChI is InChI=1S/C25H15N3S/c26-15-17-7-9-18(10-8-17)20-12-21(19-4-3-11-27-16-19)14-22(13-20)25-28-23-5-1-2-6-24(23)29-25/h1-14,16H. The van der Waals surface area contributed by atoms with E-state index in [1.807, 2.05) is 54.7 Å². The van der Waals surface area contributed by atoms with Crippen LogP contribution in [0.15, 0.2) is 91.3 Å². The second-order valence-corrected chi connectivity index (χ2v) is 7.75. The normalized spacial score (nSPS) is 10.7. The van der Waals surface area contributed by atoms with E-state index in [0.717, 1.165) is 38.3 Å². The quantitative estimate of drug-likeness (QED) is 0.351.